The van der Waals surface area contributed by atoms with Crippen molar-refractivity contribution in [1.82, 2.24) is 10.3 Å². The maximum atomic E-state index is 12.8. The van der Waals surface area contributed by atoms with Gasteiger partial charge in [0.1, 0.15) is 11.3 Å². The Labute approximate surface area is 172 Å². The topological polar surface area (TPSA) is 97.5 Å². The van der Waals surface area contributed by atoms with Gasteiger partial charge in [0.05, 0.1) is 13.2 Å². The Morgan fingerprint density at radius 1 is 1.17 bits per heavy atom. The van der Waals surface area contributed by atoms with Crippen LogP contribution in [0, 0.1) is 6.92 Å². The van der Waals surface area contributed by atoms with Crippen LogP contribution in [0.15, 0.2) is 11.1 Å². The van der Waals surface area contributed by atoms with Crippen molar-refractivity contribution >= 4 is 17.8 Å². The standard InChI is InChI=1S/C22H32N2O5/c1-8-14-12(2)17(24-20(14)26)11-16-13(3)15(9-10-18(25)28-7)19(23-16)21(27)29-22(4,5)6/h17,23H,8-11H2,1-7H3,(H,24,26). The number of methoxy groups -OCH3 is 1. The van der Waals surface area contributed by atoms with Crippen LogP contribution >= 0.6 is 0 Å². The largest absolute Gasteiger partial charge is 0.469 e. The maximum absolute atomic E-state index is 12.8. The quantitative estimate of drug-likeness (QED) is 0.681. The first-order valence-electron chi connectivity index (χ1n) is 9.99. The molecule has 7 heteroatoms. The molecule has 2 N–H and O–H groups in total. The molecule has 0 aliphatic carbocycles. The lowest BCUT2D eigenvalue weighted by Gasteiger charge is -2.19. The van der Waals surface area contributed by atoms with Crippen molar-refractivity contribution in [3.05, 3.63) is 33.7 Å². The van der Waals surface area contributed by atoms with Crippen LogP contribution in [0.3, 0.4) is 0 Å². The van der Waals surface area contributed by atoms with E-state index in [0.29, 0.717) is 25.0 Å². The van der Waals surface area contributed by atoms with E-state index < -0.39 is 11.6 Å². The number of carbonyl (C=O) groups excluding carboxylic acids is 3. The predicted octanol–water partition coefficient (Wildman–Crippen LogP) is 3.15. The number of amides is 1. The molecule has 1 aromatic rings. The first-order valence-corrected chi connectivity index (χ1v) is 9.99. The van der Waals surface area contributed by atoms with Gasteiger partial charge in [0.25, 0.3) is 0 Å². The van der Waals surface area contributed by atoms with Crippen molar-refractivity contribution in [1.29, 1.82) is 0 Å². The van der Waals surface area contributed by atoms with Gasteiger partial charge >= 0.3 is 11.9 Å². The maximum Gasteiger partial charge on any atom is 0.355 e. The molecule has 1 aliphatic rings. The molecular weight excluding hydrogens is 372 g/mol. The highest BCUT2D eigenvalue weighted by molar-refractivity contribution is 5.97. The van der Waals surface area contributed by atoms with Crippen LogP contribution in [0.1, 0.15) is 74.8 Å². The van der Waals surface area contributed by atoms with Gasteiger partial charge in [0.2, 0.25) is 5.91 Å². The van der Waals surface area contributed by atoms with Gasteiger partial charge in [0.15, 0.2) is 0 Å². The lowest BCUT2D eigenvalue weighted by Crippen LogP contribution is -2.30. The van der Waals surface area contributed by atoms with Crippen molar-refractivity contribution < 1.29 is 23.9 Å². The summed E-state index contributed by atoms with van der Waals surface area (Å²) in [4.78, 5) is 39.8. The lowest BCUT2D eigenvalue weighted by atomic mass is 9.98. The summed E-state index contributed by atoms with van der Waals surface area (Å²) in [5, 5.41) is 3.01. The van der Waals surface area contributed by atoms with Crippen molar-refractivity contribution in [3.63, 3.8) is 0 Å². The van der Waals surface area contributed by atoms with E-state index in [0.717, 1.165) is 28.0 Å². The Morgan fingerprint density at radius 3 is 2.34 bits per heavy atom. The smallest absolute Gasteiger partial charge is 0.355 e. The Morgan fingerprint density at radius 2 is 1.83 bits per heavy atom. The third-order valence-electron chi connectivity index (χ3n) is 5.23. The molecule has 0 saturated carbocycles. The minimum absolute atomic E-state index is 0.0301. The number of carbonyl (C=O) groups is 3. The number of hydrogen-bond donors (Lipinski definition) is 2. The second kappa shape index (κ2) is 8.84. The molecule has 1 unspecified atom stereocenters. The van der Waals surface area contributed by atoms with Crippen LogP contribution in [-0.4, -0.2) is 41.6 Å². The van der Waals surface area contributed by atoms with E-state index in [1.807, 2.05) is 41.5 Å². The van der Waals surface area contributed by atoms with E-state index in [1.54, 1.807) is 0 Å². The molecule has 0 saturated heterocycles. The van der Waals surface area contributed by atoms with Crippen molar-refractivity contribution in [2.45, 2.75) is 78.9 Å². The zero-order valence-electron chi connectivity index (χ0n) is 18.4. The fourth-order valence-electron chi connectivity index (χ4n) is 3.63. The third kappa shape index (κ3) is 5.28. The van der Waals surface area contributed by atoms with Crippen LogP contribution in [-0.2, 0) is 31.9 Å². The molecule has 0 aromatic carbocycles. The molecule has 1 aromatic heterocycles. The number of nitrogens with one attached hydrogen (secondary N) is 2. The van der Waals surface area contributed by atoms with Gasteiger partial charge in [0, 0.05) is 24.1 Å². The van der Waals surface area contributed by atoms with E-state index in [2.05, 4.69) is 10.3 Å². The second-order valence-electron chi connectivity index (χ2n) is 8.41. The first-order chi connectivity index (χ1) is 13.5. The summed E-state index contributed by atoms with van der Waals surface area (Å²) in [7, 11) is 1.34. The molecule has 1 atom stereocenters. The van der Waals surface area contributed by atoms with E-state index in [1.165, 1.54) is 7.11 Å². The number of aromatic nitrogens is 1. The Bertz CT molecular complexity index is 842. The molecule has 2 heterocycles. The average molecular weight is 405 g/mol. The summed E-state index contributed by atoms with van der Waals surface area (Å²) in [6.07, 6.45) is 1.77. The van der Waals surface area contributed by atoms with Gasteiger partial charge in [-0.25, -0.2) is 4.79 Å². The second-order valence-corrected chi connectivity index (χ2v) is 8.41. The van der Waals surface area contributed by atoms with E-state index >= 15 is 0 Å². The zero-order chi connectivity index (χ0) is 21.9. The number of H-pyrrole nitrogens is 1. The lowest BCUT2D eigenvalue weighted by molar-refractivity contribution is -0.140. The summed E-state index contributed by atoms with van der Waals surface area (Å²) in [6.45, 7) is 11.3. The highest BCUT2D eigenvalue weighted by Crippen LogP contribution is 2.27. The summed E-state index contributed by atoms with van der Waals surface area (Å²) in [5.41, 5.74) is 4.08. The predicted molar refractivity (Wildman–Crippen MR) is 110 cm³/mol. The highest BCUT2D eigenvalue weighted by Gasteiger charge is 2.30. The molecule has 160 valence electrons. The van der Waals surface area contributed by atoms with Gasteiger partial charge in [-0.15, -0.1) is 0 Å². The van der Waals surface area contributed by atoms with Crippen molar-refractivity contribution in [3.8, 4) is 0 Å². The van der Waals surface area contributed by atoms with E-state index in [9.17, 15) is 14.4 Å². The molecule has 0 fully saturated rings. The van der Waals surface area contributed by atoms with E-state index in [4.69, 9.17) is 9.47 Å². The summed E-state index contributed by atoms with van der Waals surface area (Å²) >= 11 is 0. The van der Waals surface area contributed by atoms with Crippen LogP contribution < -0.4 is 5.32 Å². The fourth-order valence-corrected chi connectivity index (χ4v) is 3.63. The zero-order valence-corrected chi connectivity index (χ0v) is 18.4. The SMILES string of the molecule is CCC1=C(C)C(Cc2[nH]c(C(=O)OC(C)(C)C)c(CCC(=O)OC)c2C)NC1=O. The normalized spacial score (nSPS) is 16.8. The summed E-state index contributed by atoms with van der Waals surface area (Å²) in [5.74, 6) is -0.821. The summed E-state index contributed by atoms with van der Waals surface area (Å²) in [6, 6.07) is -0.116. The molecule has 1 aliphatic heterocycles. The van der Waals surface area contributed by atoms with Crippen LogP contribution in [0.4, 0.5) is 0 Å². The van der Waals surface area contributed by atoms with Crippen molar-refractivity contribution in [2.24, 2.45) is 0 Å². The molecule has 2 rings (SSSR count). The van der Waals surface area contributed by atoms with Crippen molar-refractivity contribution in [2.75, 3.05) is 7.11 Å². The summed E-state index contributed by atoms with van der Waals surface area (Å²) < 4.78 is 10.3. The highest BCUT2D eigenvalue weighted by atomic mass is 16.6. The minimum atomic E-state index is -0.634. The number of rotatable bonds is 7. The Hall–Kier alpha value is -2.57. The van der Waals surface area contributed by atoms with Gasteiger partial charge in [-0.05, 0) is 64.2 Å². The molecule has 7 nitrogen and oxygen atoms in total. The molecule has 1 amide bonds. The molecule has 0 spiro atoms. The molecule has 0 bridgehead atoms. The monoisotopic (exact) mass is 404 g/mol. The minimum Gasteiger partial charge on any atom is -0.469 e. The number of esters is 2. The van der Waals surface area contributed by atoms with Gasteiger partial charge < -0.3 is 19.8 Å². The van der Waals surface area contributed by atoms with Crippen LogP contribution in [0.5, 0.6) is 0 Å². The molecule has 0 radical (unpaired) electrons. The first kappa shape index (κ1) is 22.7. The number of ether oxygens (including phenoxy) is 2. The third-order valence-corrected chi connectivity index (χ3v) is 5.23. The average Bonchev–Trinajstić information content (AvgIpc) is 3.08. The molecular formula is C22H32N2O5. The Kier molecular flexibility index (Phi) is 6.93. The van der Waals surface area contributed by atoms with Gasteiger partial charge in [-0.3, -0.25) is 9.59 Å². The van der Waals surface area contributed by atoms with Crippen LogP contribution in [0.2, 0.25) is 0 Å². The fraction of sp³-hybridized carbons (Fsp3) is 0.591. The van der Waals surface area contributed by atoms with Gasteiger partial charge in [-0.1, -0.05) is 6.92 Å². The van der Waals surface area contributed by atoms with E-state index in [-0.39, 0.29) is 24.3 Å². The molecule has 29 heavy (non-hydrogen) atoms. The van der Waals surface area contributed by atoms with Gasteiger partial charge in [-0.2, -0.15) is 0 Å². The number of hydrogen-bond acceptors (Lipinski definition) is 5. The number of aromatic amines is 1. The van der Waals surface area contributed by atoms with Crippen LogP contribution in [0.25, 0.3) is 0 Å². The Balaban J connectivity index is 2.36.